The second-order valence-corrected chi connectivity index (χ2v) is 6.96. The molecule has 4 atom stereocenters. The predicted octanol–water partition coefficient (Wildman–Crippen LogP) is 1.08. The van der Waals surface area contributed by atoms with Gasteiger partial charge in [-0.25, -0.2) is 0 Å². The Balaban J connectivity index is 2.01. The Kier molecular flexibility index (Phi) is 5.28. The van der Waals surface area contributed by atoms with Gasteiger partial charge in [-0.3, -0.25) is 14.6 Å². The molecule has 0 aliphatic carbocycles. The third kappa shape index (κ3) is 3.41. The monoisotopic (exact) mass is 297 g/mol. The van der Waals surface area contributed by atoms with Gasteiger partial charge in [-0.05, 0) is 53.6 Å². The van der Waals surface area contributed by atoms with E-state index in [1.54, 1.807) is 0 Å². The average Bonchev–Trinajstić information content (AvgIpc) is 2.92. The maximum absolute atomic E-state index is 12.0. The molecule has 5 nitrogen and oxygen atoms in total. The molecule has 21 heavy (non-hydrogen) atoms. The molecule has 2 aliphatic heterocycles. The molecule has 4 unspecified atom stereocenters. The lowest BCUT2D eigenvalue weighted by Gasteiger charge is -2.46. The molecule has 0 amide bonds. The van der Waals surface area contributed by atoms with Gasteiger partial charge in [0.05, 0.1) is 7.11 Å². The fourth-order valence-corrected chi connectivity index (χ4v) is 4.04. The van der Waals surface area contributed by atoms with Crippen LogP contribution in [0.15, 0.2) is 0 Å². The van der Waals surface area contributed by atoms with Crippen LogP contribution in [0.4, 0.5) is 0 Å². The SMILES string of the molecule is CNC(C)(CC(C)N1CC2CCCN2CC1C)C(=O)OC. The van der Waals surface area contributed by atoms with E-state index in [2.05, 4.69) is 29.0 Å². The van der Waals surface area contributed by atoms with E-state index in [9.17, 15) is 4.79 Å². The van der Waals surface area contributed by atoms with Crippen LogP contribution in [0.25, 0.3) is 0 Å². The van der Waals surface area contributed by atoms with Gasteiger partial charge in [-0.15, -0.1) is 0 Å². The van der Waals surface area contributed by atoms with Crippen molar-refractivity contribution in [2.45, 2.75) is 63.7 Å². The molecular formula is C16H31N3O2. The zero-order valence-electron chi connectivity index (χ0n) is 14.2. The molecule has 0 bridgehead atoms. The Bertz CT molecular complexity index is 377. The van der Waals surface area contributed by atoms with E-state index < -0.39 is 5.54 Å². The highest BCUT2D eigenvalue weighted by atomic mass is 16.5. The third-order valence-corrected chi connectivity index (χ3v) is 5.44. The lowest BCUT2D eigenvalue weighted by atomic mass is 9.91. The standard InChI is InChI=1S/C16H31N3O2/c1-12(9-16(3,17-4)15(20)21-5)19-11-14-7-6-8-18(14)10-13(19)2/h12-14,17H,6-11H2,1-5H3. The highest BCUT2D eigenvalue weighted by molar-refractivity contribution is 5.80. The number of hydrogen-bond acceptors (Lipinski definition) is 5. The summed E-state index contributed by atoms with van der Waals surface area (Å²) < 4.78 is 4.96. The maximum atomic E-state index is 12.0. The molecule has 2 fully saturated rings. The number of likely N-dealkylation sites (N-methyl/N-ethyl adjacent to an activating group) is 1. The minimum absolute atomic E-state index is 0.177. The first-order valence-corrected chi connectivity index (χ1v) is 8.18. The number of nitrogens with one attached hydrogen (secondary N) is 1. The predicted molar refractivity (Wildman–Crippen MR) is 84.3 cm³/mol. The van der Waals surface area contributed by atoms with Crippen molar-refractivity contribution in [3.05, 3.63) is 0 Å². The summed E-state index contributed by atoms with van der Waals surface area (Å²) in [6.45, 7) is 10.0. The van der Waals surface area contributed by atoms with Crippen LogP contribution in [0.1, 0.15) is 40.0 Å². The van der Waals surface area contributed by atoms with Gasteiger partial charge in [0.2, 0.25) is 0 Å². The van der Waals surface area contributed by atoms with Crippen molar-refractivity contribution in [2.24, 2.45) is 0 Å². The molecule has 2 aliphatic rings. The summed E-state index contributed by atoms with van der Waals surface area (Å²) >= 11 is 0. The summed E-state index contributed by atoms with van der Waals surface area (Å²) in [5.74, 6) is -0.177. The summed E-state index contributed by atoms with van der Waals surface area (Å²) in [7, 11) is 3.30. The van der Waals surface area contributed by atoms with Crippen LogP contribution in [-0.4, -0.2) is 73.2 Å². The quantitative estimate of drug-likeness (QED) is 0.770. The van der Waals surface area contributed by atoms with Gasteiger partial charge in [-0.2, -0.15) is 0 Å². The summed E-state index contributed by atoms with van der Waals surface area (Å²) in [6.07, 6.45) is 3.42. The van der Waals surface area contributed by atoms with Gasteiger partial charge in [0.1, 0.15) is 5.54 Å². The van der Waals surface area contributed by atoms with E-state index in [1.165, 1.54) is 26.5 Å². The first kappa shape index (κ1) is 16.7. The van der Waals surface area contributed by atoms with Crippen molar-refractivity contribution in [1.29, 1.82) is 0 Å². The number of carbonyl (C=O) groups excluding carboxylic acids is 1. The lowest BCUT2D eigenvalue weighted by molar-refractivity contribution is -0.148. The smallest absolute Gasteiger partial charge is 0.325 e. The van der Waals surface area contributed by atoms with E-state index >= 15 is 0 Å². The number of fused-ring (bicyclic) bond motifs is 1. The number of rotatable bonds is 5. The Morgan fingerprint density at radius 3 is 2.81 bits per heavy atom. The van der Waals surface area contributed by atoms with Crippen molar-refractivity contribution in [3.63, 3.8) is 0 Å². The molecule has 122 valence electrons. The molecule has 0 aromatic carbocycles. The second-order valence-electron chi connectivity index (χ2n) is 6.96. The number of esters is 1. The summed E-state index contributed by atoms with van der Waals surface area (Å²) in [5, 5.41) is 3.15. The molecule has 2 saturated heterocycles. The van der Waals surface area contributed by atoms with Crippen molar-refractivity contribution in [3.8, 4) is 0 Å². The molecule has 0 spiro atoms. The molecule has 2 rings (SSSR count). The topological polar surface area (TPSA) is 44.8 Å². The Labute approximate surface area is 129 Å². The van der Waals surface area contributed by atoms with Crippen LogP contribution >= 0.6 is 0 Å². The van der Waals surface area contributed by atoms with Crippen molar-refractivity contribution in [1.82, 2.24) is 15.1 Å². The van der Waals surface area contributed by atoms with Crippen molar-refractivity contribution in [2.75, 3.05) is 33.8 Å². The second kappa shape index (κ2) is 6.63. The van der Waals surface area contributed by atoms with E-state index in [0.29, 0.717) is 18.1 Å². The molecule has 2 heterocycles. The molecule has 1 N–H and O–H groups in total. The number of carbonyl (C=O) groups is 1. The first-order valence-electron chi connectivity index (χ1n) is 8.18. The number of ether oxygens (including phenoxy) is 1. The zero-order chi connectivity index (χ0) is 15.6. The van der Waals surface area contributed by atoms with Gasteiger partial charge in [0.25, 0.3) is 0 Å². The zero-order valence-corrected chi connectivity index (χ0v) is 14.2. The van der Waals surface area contributed by atoms with Crippen LogP contribution < -0.4 is 5.32 Å². The van der Waals surface area contributed by atoms with Gasteiger partial charge >= 0.3 is 5.97 Å². The van der Waals surface area contributed by atoms with Crippen LogP contribution in [0, 0.1) is 0 Å². The fourth-order valence-electron chi connectivity index (χ4n) is 4.04. The van der Waals surface area contributed by atoms with E-state index in [-0.39, 0.29) is 5.97 Å². The normalized spacial score (nSPS) is 31.5. The molecule has 0 aromatic heterocycles. The van der Waals surface area contributed by atoms with Gasteiger partial charge < -0.3 is 10.1 Å². The van der Waals surface area contributed by atoms with Gasteiger partial charge in [0, 0.05) is 31.2 Å². The maximum Gasteiger partial charge on any atom is 0.325 e. The molecule has 5 heteroatoms. The molecule has 0 saturated carbocycles. The summed E-state index contributed by atoms with van der Waals surface area (Å²) in [4.78, 5) is 17.2. The third-order valence-electron chi connectivity index (χ3n) is 5.44. The van der Waals surface area contributed by atoms with E-state index in [1.807, 2.05) is 14.0 Å². The van der Waals surface area contributed by atoms with Crippen LogP contribution in [0.2, 0.25) is 0 Å². The van der Waals surface area contributed by atoms with E-state index in [0.717, 1.165) is 19.5 Å². The molecule has 0 aromatic rings. The van der Waals surface area contributed by atoms with Gasteiger partial charge in [0.15, 0.2) is 0 Å². The fraction of sp³-hybridized carbons (Fsp3) is 0.938. The summed E-state index contributed by atoms with van der Waals surface area (Å²) in [6, 6.07) is 1.62. The highest BCUT2D eigenvalue weighted by Gasteiger charge is 2.40. The molecular weight excluding hydrogens is 266 g/mol. The van der Waals surface area contributed by atoms with E-state index in [4.69, 9.17) is 4.74 Å². The highest BCUT2D eigenvalue weighted by Crippen LogP contribution is 2.28. The minimum atomic E-state index is -0.610. The number of methoxy groups -OCH3 is 1. The summed E-state index contributed by atoms with van der Waals surface area (Å²) in [5.41, 5.74) is -0.610. The Morgan fingerprint density at radius 1 is 1.48 bits per heavy atom. The van der Waals surface area contributed by atoms with Crippen molar-refractivity contribution < 1.29 is 9.53 Å². The van der Waals surface area contributed by atoms with Crippen molar-refractivity contribution >= 4 is 5.97 Å². The van der Waals surface area contributed by atoms with Crippen LogP contribution in [-0.2, 0) is 9.53 Å². The van der Waals surface area contributed by atoms with Gasteiger partial charge in [-0.1, -0.05) is 0 Å². The minimum Gasteiger partial charge on any atom is -0.468 e. The average molecular weight is 297 g/mol. The number of nitrogens with zero attached hydrogens (tertiary/aromatic N) is 2. The lowest BCUT2D eigenvalue weighted by Crippen LogP contribution is -2.60. The first-order chi connectivity index (χ1) is 9.91. The largest absolute Gasteiger partial charge is 0.468 e. The Morgan fingerprint density at radius 2 is 2.19 bits per heavy atom. The number of piperazine rings is 1. The molecule has 0 radical (unpaired) electrons. The van der Waals surface area contributed by atoms with Crippen LogP contribution in [0.5, 0.6) is 0 Å². The Hall–Kier alpha value is -0.650. The number of hydrogen-bond donors (Lipinski definition) is 1. The van der Waals surface area contributed by atoms with Crippen LogP contribution in [0.3, 0.4) is 0 Å².